The van der Waals surface area contributed by atoms with Crippen LogP contribution in [-0.2, 0) is 12.8 Å². The minimum atomic E-state index is -0.360. The lowest BCUT2D eigenvalue weighted by molar-refractivity contribution is -0.384. The number of hydrogen-bond acceptors (Lipinski definition) is 3. The Bertz CT molecular complexity index is 1190. The summed E-state index contributed by atoms with van der Waals surface area (Å²) >= 11 is 0. The molecule has 4 nitrogen and oxygen atoms in total. The maximum atomic E-state index is 10.9. The van der Waals surface area contributed by atoms with Crippen molar-refractivity contribution >= 4 is 29.0 Å². The van der Waals surface area contributed by atoms with E-state index in [-0.39, 0.29) is 10.6 Å². The van der Waals surface area contributed by atoms with Crippen LogP contribution in [0.4, 0.5) is 5.69 Å². The molecule has 0 atom stereocenters. The third-order valence-corrected chi connectivity index (χ3v) is 6.16. The van der Waals surface area contributed by atoms with E-state index < -0.39 is 0 Å². The van der Waals surface area contributed by atoms with Gasteiger partial charge in [-0.05, 0) is 96.2 Å². The fourth-order valence-corrected chi connectivity index (χ4v) is 4.64. The fraction of sp³-hybridized carbons (Fsp3) is 0.222. The number of aryl methyl sites for hydroxylation is 2. The molecule has 154 valence electrons. The van der Waals surface area contributed by atoms with Gasteiger partial charge in [-0.25, -0.2) is 4.98 Å². The molecule has 0 amide bonds. The van der Waals surface area contributed by atoms with E-state index in [0.29, 0.717) is 0 Å². The number of nitrogens with zero attached hydrogens (tertiary/aromatic N) is 2. The molecule has 0 radical (unpaired) electrons. The summed E-state index contributed by atoms with van der Waals surface area (Å²) in [6, 6.07) is 19.6. The first-order valence-corrected chi connectivity index (χ1v) is 10.9. The SMILES string of the molecule is O=[N+]([O-])c1ccc(/C=C2\CCCc3cc4c(nc32)/C(=C/c2ccccc2)CCC4)cc1. The average molecular weight is 409 g/mol. The molecule has 0 fully saturated rings. The van der Waals surface area contributed by atoms with Gasteiger partial charge in [0.2, 0.25) is 0 Å². The monoisotopic (exact) mass is 408 g/mol. The molecular formula is C27H24N2O2. The Hall–Kier alpha value is -3.53. The molecule has 1 heterocycles. The van der Waals surface area contributed by atoms with Gasteiger partial charge in [0, 0.05) is 12.1 Å². The highest BCUT2D eigenvalue weighted by molar-refractivity contribution is 5.86. The van der Waals surface area contributed by atoms with Crippen LogP contribution >= 0.6 is 0 Å². The lowest BCUT2D eigenvalue weighted by atomic mass is 9.84. The van der Waals surface area contributed by atoms with Crippen molar-refractivity contribution in [3.63, 3.8) is 0 Å². The maximum absolute atomic E-state index is 10.9. The largest absolute Gasteiger partial charge is 0.269 e. The van der Waals surface area contributed by atoms with E-state index >= 15 is 0 Å². The Morgan fingerprint density at radius 2 is 1.29 bits per heavy atom. The molecule has 0 bridgehead atoms. The van der Waals surface area contributed by atoms with Crippen LogP contribution in [0.1, 0.15) is 59.3 Å². The lowest BCUT2D eigenvalue weighted by Crippen LogP contribution is -2.12. The average Bonchev–Trinajstić information content (AvgIpc) is 2.79. The number of aromatic nitrogens is 1. The van der Waals surface area contributed by atoms with Gasteiger partial charge in [0.05, 0.1) is 16.3 Å². The number of nitro groups is 1. The Morgan fingerprint density at radius 3 is 1.84 bits per heavy atom. The van der Waals surface area contributed by atoms with Crippen LogP contribution in [0.3, 0.4) is 0 Å². The summed E-state index contributed by atoms with van der Waals surface area (Å²) in [7, 11) is 0. The van der Waals surface area contributed by atoms with E-state index in [4.69, 9.17) is 4.98 Å². The van der Waals surface area contributed by atoms with Crippen LogP contribution in [0, 0.1) is 10.1 Å². The van der Waals surface area contributed by atoms with Gasteiger partial charge in [-0.2, -0.15) is 0 Å². The minimum absolute atomic E-state index is 0.120. The molecule has 5 rings (SSSR count). The normalized spacial score (nSPS) is 17.9. The second-order valence-corrected chi connectivity index (χ2v) is 8.31. The quantitative estimate of drug-likeness (QED) is 0.356. The zero-order chi connectivity index (χ0) is 21.2. The molecule has 0 N–H and O–H groups in total. The van der Waals surface area contributed by atoms with Gasteiger partial charge in [-0.15, -0.1) is 0 Å². The molecule has 3 aromatic rings. The molecule has 2 aliphatic rings. The number of pyridine rings is 1. The Balaban J connectivity index is 1.55. The fourth-order valence-electron chi connectivity index (χ4n) is 4.64. The van der Waals surface area contributed by atoms with Crippen molar-refractivity contribution in [2.24, 2.45) is 0 Å². The molecule has 0 unspecified atom stereocenters. The molecule has 31 heavy (non-hydrogen) atoms. The molecular weight excluding hydrogens is 384 g/mol. The van der Waals surface area contributed by atoms with Gasteiger partial charge in [0.1, 0.15) is 0 Å². The molecule has 4 heteroatoms. The van der Waals surface area contributed by atoms with Crippen LogP contribution in [-0.4, -0.2) is 9.91 Å². The molecule has 1 aromatic heterocycles. The highest BCUT2D eigenvalue weighted by Crippen LogP contribution is 2.37. The Labute approximate surface area is 182 Å². The number of hydrogen-bond donors (Lipinski definition) is 0. The summed E-state index contributed by atoms with van der Waals surface area (Å²) in [5.41, 5.74) is 9.80. The van der Waals surface area contributed by atoms with Gasteiger partial charge < -0.3 is 0 Å². The highest BCUT2D eigenvalue weighted by Gasteiger charge is 2.22. The van der Waals surface area contributed by atoms with E-state index in [2.05, 4.69) is 42.5 Å². The van der Waals surface area contributed by atoms with Crippen LogP contribution < -0.4 is 0 Å². The topological polar surface area (TPSA) is 56.0 Å². The molecule has 2 aliphatic carbocycles. The summed E-state index contributed by atoms with van der Waals surface area (Å²) in [6.07, 6.45) is 10.9. The van der Waals surface area contributed by atoms with E-state index in [9.17, 15) is 10.1 Å². The minimum Gasteiger partial charge on any atom is -0.258 e. The maximum Gasteiger partial charge on any atom is 0.269 e. The highest BCUT2D eigenvalue weighted by atomic mass is 16.6. The van der Waals surface area contributed by atoms with Gasteiger partial charge >= 0.3 is 0 Å². The van der Waals surface area contributed by atoms with E-state index in [1.165, 1.54) is 27.8 Å². The zero-order valence-electron chi connectivity index (χ0n) is 17.4. The van der Waals surface area contributed by atoms with Crippen molar-refractivity contribution < 1.29 is 4.92 Å². The Kier molecular flexibility index (Phi) is 5.21. The standard InChI is InChI=1S/C27H24N2O2/c30-29(31)25-14-12-20(13-15-25)17-22-9-5-11-24-18-23-10-4-8-21(26(23)28-27(22)24)16-19-6-2-1-3-7-19/h1-3,6-7,12-18H,4-5,8-11H2/b21-16+,22-17+. The van der Waals surface area contributed by atoms with Gasteiger partial charge in [-0.3, -0.25) is 10.1 Å². The van der Waals surface area contributed by atoms with Crippen LogP contribution in [0.25, 0.3) is 23.3 Å². The number of benzene rings is 2. The van der Waals surface area contributed by atoms with Gasteiger partial charge in [-0.1, -0.05) is 36.4 Å². The number of fused-ring (bicyclic) bond motifs is 2. The second-order valence-electron chi connectivity index (χ2n) is 8.31. The predicted octanol–water partition coefficient (Wildman–Crippen LogP) is 6.74. The molecule has 2 aromatic carbocycles. The summed E-state index contributed by atoms with van der Waals surface area (Å²) in [6.45, 7) is 0. The van der Waals surface area contributed by atoms with Crippen LogP contribution in [0.15, 0.2) is 60.7 Å². The third-order valence-electron chi connectivity index (χ3n) is 6.16. The summed E-state index contributed by atoms with van der Waals surface area (Å²) in [4.78, 5) is 15.8. The zero-order valence-corrected chi connectivity index (χ0v) is 17.4. The van der Waals surface area contributed by atoms with Crippen molar-refractivity contribution in [1.82, 2.24) is 4.98 Å². The summed E-state index contributed by atoms with van der Waals surface area (Å²) < 4.78 is 0. The lowest BCUT2D eigenvalue weighted by Gasteiger charge is -2.25. The number of rotatable bonds is 3. The van der Waals surface area contributed by atoms with Crippen LogP contribution in [0.2, 0.25) is 0 Å². The second kappa shape index (κ2) is 8.31. The number of allylic oxidation sites excluding steroid dienone is 2. The van der Waals surface area contributed by atoms with Crippen molar-refractivity contribution in [2.75, 3.05) is 0 Å². The van der Waals surface area contributed by atoms with Crippen molar-refractivity contribution in [2.45, 2.75) is 38.5 Å². The molecule has 0 spiro atoms. The number of non-ortho nitro benzene ring substituents is 1. The van der Waals surface area contributed by atoms with Crippen molar-refractivity contribution in [3.8, 4) is 0 Å². The number of nitro benzene ring substituents is 1. The summed E-state index contributed by atoms with van der Waals surface area (Å²) in [5.74, 6) is 0. The first kappa shape index (κ1) is 19.4. The van der Waals surface area contributed by atoms with E-state index in [1.807, 2.05) is 18.2 Å². The van der Waals surface area contributed by atoms with Crippen LogP contribution in [0.5, 0.6) is 0 Å². The summed E-state index contributed by atoms with van der Waals surface area (Å²) in [5, 5.41) is 10.9. The predicted molar refractivity (Wildman–Crippen MR) is 125 cm³/mol. The van der Waals surface area contributed by atoms with Gasteiger partial charge in [0.15, 0.2) is 0 Å². The Morgan fingerprint density at radius 1 is 0.742 bits per heavy atom. The molecule has 0 saturated carbocycles. The first-order chi connectivity index (χ1) is 15.2. The first-order valence-electron chi connectivity index (χ1n) is 10.9. The molecule has 0 saturated heterocycles. The van der Waals surface area contributed by atoms with Crippen molar-refractivity contribution in [3.05, 3.63) is 104 Å². The van der Waals surface area contributed by atoms with Crippen molar-refractivity contribution in [1.29, 1.82) is 0 Å². The smallest absolute Gasteiger partial charge is 0.258 e. The van der Waals surface area contributed by atoms with Gasteiger partial charge in [0.25, 0.3) is 5.69 Å². The van der Waals surface area contributed by atoms with E-state index in [0.717, 1.165) is 55.5 Å². The molecule has 0 aliphatic heterocycles. The van der Waals surface area contributed by atoms with E-state index in [1.54, 1.807) is 12.1 Å². The third kappa shape index (κ3) is 4.06.